The van der Waals surface area contributed by atoms with Crippen LogP contribution in [-0.4, -0.2) is 50.3 Å². The molecular weight excluding hydrogens is 326 g/mol. The van der Waals surface area contributed by atoms with Crippen LogP contribution in [-0.2, 0) is 12.8 Å². The highest BCUT2D eigenvalue weighted by molar-refractivity contribution is 5.95. The summed E-state index contributed by atoms with van der Waals surface area (Å²) in [4.78, 5) is 7.43. The number of benzene rings is 1. The van der Waals surface area contributed by atoms with E-state index in [1.54, 1.807) is 7.11 Å². The predicted molar refractivity (Wildman–Crippen MR) is 106 cm³/mol. The van der Waals surface area contributed by atoms with Crippen LogP contribution in [0.4, 0.5) is 5.69 Å². The number of likely N-dealkylation sites (tertiary alicyclic amines) is 1. The fourth-order valence-electron chi connectivity index (χ4n) is 4.30. The summed E-state index contributed by atoms with van der Waals surface area (Å²) in [5.41, 5.74) is 4.78. The van der Waals surface area contributed by atoms with E-state index in [9.17, 15) is 0 Å². The van der Waals surface area contributed by atoms with Gasteiger partial charge in [-0.3, -0.25) is 4.98 Å². The number of nitrogens with one attached hydrogen (secondary N) is 1. The van der Waals surface area contributed by atoms with Crippen molar-refractivity contribution in [2.24, 2.45) is 0 Å². The summed E-state index contributed by atoms with van der Waals surface area (Å²) in [6.07, 6.45) is 7.07. The molecule has 0 saturated carbocycles. The van der Waals surface area contributed by atoms with Crippen LogP contribution < -0.4 is 14.8 Å². The Morgan fingerprint density at radius 3 is 2.73 bits per heavy atom. The first-order chi connectivity index (χ1) is 12.8. The van der Waals surface area contributed by atoms with Gasteiger partial charge in [0.1, 0.15) is 0 Å². The van der Waals surface area contributed by atoms with Crippen molar-refractivity contribution < 1.29 is 9.47 Å². The largest absolute Gasteiger partial charge is 0.493 e. The maximum absolute atomic E-state index is 6.08. The summed E-state index contributed by atoms with van der Waals surface area (Å²) in [5.74, 6) is 1.59. The van der Waals surface area contributed by atoms with Crippen molar-refractivity contribution in [1.82, 2.24) is 9.88 Å². The van der Waals surface area contributed by atoms with Crippen molar-refractivity contribution in [1.29, 1.82) is 0 Å². The average Bonchev–Trinajstić information content (AvgIpc) is 3.34. The van der Waals surface area contributed by atoms with Gasteiger partial charge >= 0.3 is 0 Å². The average molecular weight is 355 g/mol. The Morgan fingerprint density at radius 2 is 1.96 bits per heavy atom. The highest BCUT2D eigenvalue weighted by Gasteiger charge is 2.20. The second-order valence-electron chi connectivity index (χ2n) is 7.29. The smallest absolute Gasteiger partial charge is 0.163 e. The maximum atomic E-state index is 6.08. The van der Waals surface area contributed by atoms with Crippen molar-refractivity contribution in [3.63, 3.8) is 0 Å². The molecule has 0 atom stereocenters. The van der Waals surface area contributed by atoms with Crippen molar-refractivity contribution >= 4 is 16.6 Å². The Hall–Kier alpha value is -2.01. The summed E-state index contributed by atoms with van der Waals surface area (Å²) in [6, 6.07) is 4.12. The van der Waals surface area contributed by atoms with Crippen LogP contribution in [0.15, 0.2) is 12.1 Å². The molecule has 5 heteroatoms. The molecule has 0 amide bonds. The lowest BCUT2D eigenvalue weighted by molar-refractivity contribution is 0.254. The van der Waals surface area contributed by atoms with Crippen LogP contribution in [0.25, 0.3) is 10.9 Å². The van der Waals surface area contributed by atoms with Gasteiger partial charge in [-0.05, 0) is 63.2 Å². The van der Waals surface area contributed by atoms with Crippen molar-refractivity contribution in [2.75, 3.05) is 45.7 Å². The zero-order chi connectivity index (χ0) is 17.9. The number of ether oxygens (including phenoxy) is 2. The molecule has 2 aliphatic rings. The van der Waals surface area contributed by atoms with Crippen LogP contribution in [0.3, 0.4) is 0 Å². The molecule has 140 valence electrons. The molecular formula is C21H29N3O2. The third-order valence-electron chi connectivity index (χ3n) is 5.62. The van der Waals surface area contributed by atoms with Gasteiger partial charge in [0, 0.05) is 36.4 Å². The Labute approximate surface area is 155 Å². The normalized spacial score (nSPS) is 16.8. The lowest BCUT2D eigenvalue weighted by atomic mass is 10.1. The third kappa shape index (κ3) is 3.32. The number of fused-ring (bicyclic) bond motifs is 2. The minimum Gasteiger partial charge on any atom is -0.493 e. The second kappa shape index (κ2) is 7.70. The maximum Gasteiger partial charge on any atom is 0.163 e. The molecule has 1 aliphatic carbocycles. The molecule has 1 saturated heterocycles. The molecule has 26 heavy (non-hydrogen) atoms. The summed E-state index contributed by atoms with van der Waals surface area (Å²) in [5, 5.41) is 4.50. The summed E-state index contributed by atoms with van der Waals surface area (Å²) in [7, 11) is 3.70. The topological polar surface area (TPSA) is 46.6 Å². The lowest BCUT2D eigenvalue weighted by Gasteiger charge is -2.17. The molecule has 4 rings (SSSR count). The van der Waals surface area contributed by atoms with Gasteiger partial charge in [0.2, 0.25) is 0 Å². The van der Waals surface area contributed by atoms with Gasteiger partial charge in [-0.2, -0.15) is 0 Å². The first-order valence-corrected chi connectivity index (χ1v) is 9.86. The Balaban J connectivity index is 1.55. The molecule has 2 heterocycles. The molecule has 1 aromatic heterocycles. The molecule has 0 spiro atoms. The Bertz CT molecular complexity index is 785. The first kappa shape index (κ1) is 17.4. The number of hydrogen-bond donors (Lipinski definition) is 1. The van der Waals surface area contributed by atoms with Gasteiger partial charge in [-0.25, -0.2) is 0 Å². The van der Waals surface area contributed by atoms with Gasteiger partial charge < -0.3 is 19.7 Å². The number of nitrogens with zero attached hydrogens (tertiary/aromatic N) is 2. The highest BCUT2D eigenvalue weighted by Crippen LogP contribution is 2.39. The van der Waals surface area contributed by atoms with Gasteiger partial charge in [-0.1, -0.05) is 0 Å². The van der Waals surface area contributed by atoms with Crippen LogP contribution in [0.2, 0.25) is 0 Å². The van der Waals surface area contributed by atoms with E-state index in [2.05, 4.69) is 16.3 Å². The third-order valence-corrected chi connectivity index (χ3v) is 5.62. The van der Waals surface area contributed by atoms with E-state index < -0.39 is 0 Å². The number of aromatic nitrogens is 1. The van der Waals surface area contributed by atoms with Crippen LogP contribution in [0.5, 0.6) is 11.5 Å². The SMILES string of the molecule is CNc1c2c(nc3cc(OCCCN4CCCC4)c(OC)cc13)CCC2. The number of rotatable bonds is 7. The van der Waals surface area contributed by atoms with Gasteiger partial charge in [-0.15, -0.1) is 0 Å². The Kier molecular flexibility index (Phi) is 5.16. The zero-order valence-electron chi connectivity index (χ0n) is 15.9. The van der Waals surface area contributed by atoms with E-state index in [0.717, 1.165) is 48.2 Å². The molecule has 0 bridgehead atoms. The molecule has 2 aromatic rings. The standard InChI is InChI=1S/C21H29N3O2/c1-22-21-15-7-5-8-17(15)23-18-14-20(19(25-2)13-16(18)21)26-12-6-11-24-9-3-4-10-24/h13-14H,3-12H2,1-2H3,(H,22,23). The van der Waals surface area contributed by atoms with Crippen molar-refractivity contribution in [3.8, 4) is 11.5 Å². The van der Waals surface area contributed by atoms with Gasteiger partial charge in [0.25, 0.3) is 0 Å². The Morgan fingerprint density at radius 1 is 1.12 bits per heavy atom. The number of hydrogen-bond acceptors (Lipinski definition) is 5. The van der Waals surface area contributed by atoms with E-state index in [-0.39, 0.29) is 0 Å². The molecule has 1 aromatic carbocycles. The molecule has 1 N–H and O–H groups in total. The molecule has 0 unspecified atom stereocenters. The summed E-state index contributed by atoms with van der Waals surface area (Å²) >= 11 is 0. The first-order valence-electron chi connectivity index (χ1n) is 9.86. The molecule has 1 fully saturated rings. The van der Waals surface area contributed by atoms with Crippen LogP contribution in [0, 0.1) is 0 Å². The summed E-state index contributed by atoms with van der Waals surface area (Å²) < 4.78 is 11.7. The van der Waals surface area contributed by atoms with E-state index >= 15 is 0 Å². The van der Waals surface area contributed by atoms with E-state index in [1.807, 2.05) is 13.1 Å². The highest BCUT2D eigenvalue weighted by atomic mass is 16.5. The number of anilines is 1. The number of methoxy groups -OCH3 is 1. The second-order valence-corrected chi connectivity index (χ2v) is 7.29. The fourth-order valence-corrected chi connectivity index (χ4v) is 4.30. The van der Waals surface area contributed by atoms with E-state index in [1.165, 1.54) is 49.3 Å². The molecule has 5 nitrogen and oxygen atoms in total. The lowest BCUT2D eigenvalue weighted by Crippen LogP contribution is -2.21. The van der Waals surface area contributed by atoms with Crippen molar-refractivity contribution in [2.45, 2.75) is 38.5 Å². The molecule has 0 radical (unpaired) electrons. The predicted octanol–water partition coefficient (Wildman–Crippen LogP) is 3.64. The minimum atomic E-state index is 0.711. The minimum absolute atomic E-state index is 0.711. The van der Waals surface area contributed by atoms with Crippen molar-refractivity contribution in [3.05, 3.63) is 23.4 Å². The quantitative estimate of drug-likeness (QED) is 0.769. The fraction of sp³-hybridized carbons (Fsp3) is 0.571. The van der Waals surface area contributed by atoms with E-state index in [4.69, 9.17) is 14.5 Å². The van der Waals surface area contributed by atoms with Crippen LogP contribution in [0.1, 0.15) is 36.9 Å². The zero-order valence-corrected chi connectivity index (χ0v) is 15.9. The van der Waals surface area contributed by atoms with Gasteiger partial charge in [0.15, 0.2) is 11.5 Å². The molecule has 1 aliphatic heterocycles. The van der Waals surface area contributed by atoms with E-state index in [0.29, 0.717) is 6.61 Å². The monoisotopic (exact) mass is 355 g/mol. The summed E-state index contributed by atoms with van der Waals surface area (Å²) in [6.45, 7) is 4.30. The van der Waals surface area contributed by atoms with Crippen LogP contribution >= 0.6 is 0 Å². The van der Waals surface area contributed by atoms with Gasteiger partial charge in [0.05, 0.1) is 19.2 Å². The number of pyridine rings is 1. The number of aryl methyl sites for hydroxylation is 1.